The molecule has 1 saturated heterocycles. The summed E-state index contributed by atoms with van der Waals surface area (Å²) >= 11 is 1.45. The Bertz CT molecular complexity index is 1260. The lowest BCUT2D eigenvalue weighted by atomic mass is 10.1. The molecule has 5 rings (SSSR count). The Balaban J connectivity index is 1.24. The van der Waals surface area contributed by atoms with Crippen molar-refractivity contribution in [2.24, 2.45) is 0 Å². The van der Waals surface area contributed by atoms with Gasteiger partial charge >= 0.3 is 0 Å². The molecule has 7 nitrogen and oxygen atoms in total. The van der Waals surface area contributed by atoms with Crippen LogP contribution in [-0.2, 0) is 4.79 Å². The lowest BCUT2D eigenvalue weighted by molar-refractivity contribution is -0.128. The van der Waals surface area contributed by atoms with E-state index in [0.717, 1.165) is 40.8 Å². The molecule has 2 aromatic carbocycles. The van der Waals surface area contributed by atoms with Gasteiger partial charge in [-0.15, -0.1) is 10.2 Å². The van der Waals surface area contributed by atoms with Crippen LogP contribution < -0.4 is 9.64 Å². The summed E-state index contributed by atoms with van der Waals surface area (Å²) in [5.41, 5.74) is 4.20. The highest BCUT2D eigenvalue weighted by molar-refractivity contribution is 7.99. The number of methoxy groups -OCH3 is 1. The van der Waals surface area contributed by atoms with Crippen LogP contribution in [0.4, 0.5) is 5.69 Å². The van der Waals surface area contributed by atoms with Gasteiger partial charge in [0.05, 0.1) is 18.4 Å². The van der Waals surface area contributed by atoms with E-state index in [2.05, 4.69) is 46.3 Å². The second-order valence-corrected chi connectivity index (χ2v) is 8.82. The fraction of sp³-hybridized carbons (Fsp3) is 0.292. The molecule has 0 atom stereocenters. The molecule has 0 spiro atoms. The lowest BCUT2D eigenvalue weighted by Crippen LogP contribution is -2.49. The van der Waals surface area contributed by atoms with Gasteiger partial charge in [-0.25, -0.2) is 0 Å². The molecule has 8 heteroatoms. The van der Waals surface area contributed by atoms with Crippen molar-refractivity contribution in [2.45, 2.75) is 12.1 Å². The van der Waals surface area contributed by atoms with E-state index < -0.39 is 0 Å². The second-order valence-electron chi connectivity index (χ2n) is 7.88. The summed E-state index contributed by atoms with van der Waals surface area (Å²) in [5.74, 6) is 1.34. The average Bonchev–Trinajstić information content (AvgIpc) is 3.25. The van der Waals surface area contributed by atoms with Gasteiger partial charge in [-0.05, 0) is 48.9 Å². The molecule has 0 aliphatic carbocycles. The maximum atomic E-state index is 12.9. The molecule has 0 radical (unpaired) electrons. The van der Waals surface area contributed by atoms with Crippen molar-refractivity contribution in [3.8, 4) is 5.75 Å². The number of pyridine rings is 1. The van der Waals surface area contributed by atoms with Gasteiger partial charge in [-0.2, -0.15) is 0 Å². The maximum Gasteiger partial charge on any atom is 0.233 e. The summed E-state index contributed by atoms with van der Waals surface area (Å²) in [6.45, 7) is 5.15. The fourth-order valence-electron chi connectivity index (χ4n) is 4.19. The number of piperazine rings is 1. The minimum Gasteiger partial charge on any atom is -0.497 e. The standard InChI is InChI=1S/C24H25N5O2S/c1-17-15-22-25-26-24(29(22)21-6-4-3-5-20(17)21)32-16-23(30)28-13-11-27(12-14-28)18-7-9-19(31-2)10-8-18/h3-10,15H,11-14,16H2,1-2H3. The molecule has 3 heterocycles. The van der Waals surface area contributed by atoms with Crippen LogP contribution in [0.25, 0.3) is 16.6 Å². The average molecular weight is 448 g/mol. The molecule has 1 amide bonds. The van der Waals surface area contributed by atoms with E-state index in [0.29, 0.717) is 18.8 Å². The van der Waals surface area contributed by atoms with Crippen molar-refractivity contribution in [2.75, 3.05) is 43.9 Å². The summed E-state index contributed by atoms with van der Waals surface area (Å²) in [4.78, 5) is 17.1. The van der Waals surface area contributed by atoms with Crippen LogP contribution in [0.15, 0.2) is 59.8 Å². The number of benzene rings is 2. The van der Waals surface area contributed by atoms with E-state index in [1.807, 2.05) is 39.6 Å². The minimum atomic E-state index is 0.137. The van der Waals surface area contributed by atoms with Crippen LogP contribution in [0, 0.1) is 6.92 Å². The summed E-state index contributed by atoms with van der Waals surface area (Å²) in [6, 6.07) is 18.3. The number of thioether (sulfide) groups is 1. The number of ether oxygens (including phenoxy) is 1. The summed E-state index contributed by atoms with van der Waals surface area (Å²) in [7, 11) is 1.67. The van der Waals surface area contributed by atoms with Crippen LogP contribution in [0.2, 0.25) is 0 Å². The third-order valence-electron chi connectivity index (χ3n) is 5.97. The molecule has 0 bridgehead atoms. The lowest BCUT2D eigenvalue weighted by Gasteiger charge is -2.36. The van der Waals surface area contributed by atoms with E-state index >= 15 is 0 Å². The molecule has 2 aromatic heterocycles. The largest absolute Gasteiger partial charge is 0.497 e. The number of carbonyl (C=O) groups excluding carboxylic acids is 1. The first kappa shape index (κ1) is 20.6. The Morgan fingerprint density at radius 1 is 1.03 bits per heavy atom. The number of anilines is 1. The van der Waals surface area contributed by atoms with Crippen molar-refractivity contribution in [1.29, 1.82) is 0 Å². The Morgan fingerprint density at radius 2 is 1.78 bits per heavy atom. The SMILES string of the molecule is COc1ccc(N2CCN(C(=O)CSc3nnc4cc(C)c5ccccc5n34)CC2)cc1. The topological polar surface area (TPSA) is 63.0 Å². The van der Waals surface area contributed by atoms with Gasteiger partial charge in [0.2, 0.25) is 5.91 Å². The fourth-order valence-corrected chi connectivity index (χ4v) is 5.05. The number of aromatic nitrogens is 3. The zero-order chi connectivity index (χ0) is 22.1. The third kappa shape index (κ3) is 3.86. The molecule has 1 aliphatic heterocycles. The van der Waals surface area contributed by atoms with Crippen LogP contribution in [0.5, 0.6) is 5.75 Å². The summed E-state index contributed by atoms with van der Waals surface area (Å²) in [6.07, 6.45) is 0. The van der Waals surface area contributed by atoms with Crippen molar-refractivity contribution in [1.82, 2.24) is 19.5 Å². The highest BCUT2D eigenvalue weighted by atomic mass is 32.2. The molecule has 0 unspecified atom stereocenters. The van der Waals surface area contributed by atoms with Crippen LogP contribution in [0.1, 0.15) is 5.56 Å². The summed E-state index contributed by atoms with van der Waals surface area (Å²) in [5, 5.41) is 10.6. The van der Waals surface area contributed by atoms with Gasteiger partial charge < -0.3 is 14.5 Å². The van der Waals surface area contributed by atoms with E-state index in [4.69, 9.17) is 4.74 Å². The van der Waals surface area contributed by atoms with Crippen molar-refractivity contribution < 1.29 is 9.53 Å². The molecule has 32 heavy (non-hydrogen) atoms. The normalized spacial score (nSPS) is 14.3. The van der Waals surface area contributed by atoms with E-state index in [1.165, 1.54) is 22.7 Å². The Morgan fingerprint density at radius 3 is 2.53 bits per heavy atom. The molecule has 0 N–H and O–H groups in total. The van der Waals surface area contributed by atoms with Crippen molar-refractivity contribution >= 4 is 39.9 Å². The zero-order valence-electron chi connectivity index (χ0n) is 18.2. The highest BCUT2D eigenvalue weighted by Gasteiger charge is 2.22. The first-order valence-electron chi connectivity index (χ1n) is 10.7. The van der Waals surface area contributed by atoms with Gasteiger partial charge in [0.15, 0.2) is 10.8 Å². The molecule has 164 valence electrons. The Kier molecular flexibility index (Phi) is 5.61. The van der Waals surface area contributed by atoms with E-state index in [1.54, 1.807) is 7.11 Å². The molecule has 1 fully saturated rings. The quantitative estimate of drug-likeness (QED) is 0.435. The van der Waals surface area contributed by atoms with Crippen molar-refractivity contribution in [3.63, 3.8) is 0 Å². The number of carbonyl (C=O) groups is 1. The number of nitrogens with zero attached hydrogens (tertiary/aromatic N) is 5. The number of aryl methyl sites for hydroxylation is 1. The highest BCUT2D eigenvalue weighted by Crippen LogP contribution is 2.26. The zero-order valence-corrected chi connectivity index (χ0v) is 19.0. The third-order valence-corrected chi connectivity index (χ3v) is 6.88. The number of rotatable bonds is 5. The van der Waals surface area contributed by atoms with Gasteiger partial charge in [-0.1, -0.05) is 30.0 Å². The minimum absolute atomic E-state index is 0.137. The molecular weight excluding hydrogens is 422 g/mol. The number of amides is 1. The van der Waals surface area contributed by atoms with E-state index in [9.17, 15) is 4.79 Å². The smallest absolute Gasteiger partial charge is 0.233 e. The maximum absolute atomic E-state index is 12.9. The van der Waals surface area contributed by atoms with Crippen LogP contribution in [0.3, 0.4) is 0 Å². The molecular formula is C24H25N5O2S. The summed E-state index contributed by atoms with van der Waals surface area (Å²) < 4.78 is 7.28. The first-order valence-corrected chi connectivity index (χ1v) is 11.7. The number of para-hydroxylation sites is 1. The molecule has 4 aromatic rings. The van der Waals surface area contributed by atoms with Gasteiger partial charge in [0.25, 0.3) is 0 Å². The molecule has 0 saturated carbocycles. The monoisotopic (exact) mass is 447 g/mol. The number of fused-ring (bicyclic) bond motifs is 3. The Hall–Kier alpha value is -3.26. The Labute approximate surface area is 191 Å². The predicted molar refractivity (Wildman–Crippen MR) is 128 cm³/mol. The first-order chi connectivity index (χ1) is 15.6. The van der Waals surface area contributed by atoms with Crippen molar-refractivity contribution in [3.05, 3.63) is 60.2 Å². The number of hydrogen-bond acceptors (Lipinski definition) is 6. The predicted octanol–water partition coefficient (Wildman–Crippen LogP) is 3.64. The number of hydrogen-bond donors (Lipinski definition) is 0. The second kappa shape index (κ2) is 8.70. The van der Waals surface area contributed by atoms with Crippen LogP contribution >= 0.6 is 11.8 Å². The van der Waals surface area contributed by atoms with Gasteiger partial charge in [-0.3, -0.25) is 9.20 Å². The van der Waals surface area contributed by atoms with Crippen LogP contribution in [-0.4, -0.2) is 64.4 Å². The van der Waals surface area contributed by atoms with Gasteiger partial charge in [0.1, 0.15) is 5.75 Å². The van der Waals surface area contributed by atoms with Gasteiger partial charge in [0, 0.05) is 37.3 Å². The van der Waals surface area contributed by atoms with E-state index in [-0.39, 0.29) is 5.91 Å². The molecule has 1 aliphatic rings.